The molecular weight excluding hydrogens is 326 g/mol. The van der Waals surface area contributed by atoms with Crippen molar-refractivity contribution in [3.8, 4) is 0 Å². The Morgan fingerprint density at radius 1 is 1.19 bits per heavy atom. The predicted molar refractivity (Wildman–Crippen MR) is 99.8 cm³/mol. The zero-order valence-electron chi connectivity index (χ0n) is 15.2. The maximum absolute atomic E-state index is 13.1. The standard InChI is InChI=1S/C21H27N3O2/c25-18-7-3-10-21(18)11-4-12-23(14-21)19(26)13-24-17-6-2-1-5-16(17)22-20(24)15-8-9-15/h1-2,5-6,15,18,25H,3-4,7-14H2/t18-,21-/m1/s1. The van der Waals surface area contributed by atoms with Crippen LogP contribution in [0.5, 0.6) is 0 Å². The van der Waals surface area contributed by atoms with E-state index in [1.807, 2.05) is 23.1 Å². The van der Waals surface area contributed by atoms with Gasteiger partial charge in [0.2, 0.25) is 5.91 Å². The lowest BCUT2D eigenvalue weighted by atomic mass is 9.76. The molecule has 138 valence electrons. The van der Waals surface area contributed by atoms with Gasteiger partial charge in [-0.1, -0.05) is 18.6 Å². The molecule has 0 radical (unpaired) electrons. The summed E-state index contributed by atoms with van der Waals surface area (Å²) < 4.78 is 2.14. The Morgan fingerprint density at radius 2 is 2.00 bits per heavy atom. The Bertz CT molecular complexity index is 841. The van der Waals surface area contributed by atoms with Crippen LogP contribution in [0.1, 0.15) is 56.7 Å². The van der Waals surface area contributed by atoms with Crippen LogP contribution in [0, 0.1) is 5.41 Å². The van der Waals surface area contributed by atoms with E-state index in [1.165, 1.54) is 12.8 Å². The zero-order valence-corrected chi connectivity index (χ0v) is 15.2. The number of fused-ring (bicyclic) bond motifs is 1. The number of benzene rings is 1. The number of rotatable bonds is 3. The number of aromatic nitrogens is 2. The SMILES string of the molecule is O=C(Cn1c(C2CC2)nc2ccccc21)N1CCC[C@]2(CCC[C@H]2O)C1. The second-order valence-electron chi connectivity index (χ2n) is 8.51. The highest BCUT2D eigenvalue weighted by atomic mass is 16.3. The van der Waals surface area contributed by atoms with Crippen molar-refractivity contribution in [2.45, 2.75) is 63.5 Å². The number of hydrogen-bond donors (Lipinski definition) is 1. The van der Waals surface area contributed by atoms with Gasteiger partial charge < -0.3 is 14.6 Å². The lowest BCUT2D eigenvalue weighted by molar-refractivity contribution is -0.137. The summed E-state index contributed by atoms with van der Waals surface area (Å²) in [6.07, 6.45) is 7.20. The molecule has 1 amide bonds. The molecule has 0 bridgehead atoms. The van der Waals surface area contributed by atoms with Gasteiger partial charge in [0.25, 0.3) is 0 Å². The van der Waals surface area contributed by atoms with Gasteiger partial charge in [0, 0.05) is 24.4 Å². The lowest BCUT2D eigenvalue weighted by Gasteiger charge is -2.42. The number of carbonyl (C=O) groups is 1. The van der Waals surface area contributed by atoms with Gasteiger partial charge in [0.1, 0.15) is 12.4 Å². The molecule has 3 aliphatic rings. The first-order chi connectivity index (χ1) is 12.7. The molecule has 1 saturated heterocycles. The van der Waals surface area contributed by atoms with Crippen LogP contribution in [0.2, 0.25) is 0 Å². The van der Waals surface area contributed by atoms with Crippen molar-refractivity contribution in [2.24, 2.45) is 5.41 Å². The van der Waals surface area contributed by atoms with Crippen LogP contribution in [0.3, 0.4) is 0 Å². The van der Waals surface area contributed by atoms with E-state index in [9.17, 15) is 9.90 Å². The van der Waals surface area contributed by atoms with Crippen molar-refractivity contribution < 1.29 is 9.90 Å². The van der Waals surface area contributed by atoms with Crippen LogP contribution in [0.4, 0.5) is 0 Å². The molecule has 2 aliphatic carbocycles. The largest absolute Gasteiger partial charge is 0.392 e. The van der Waals surface area contributed by atoms with Crippen LogP contribution in [-0.4, -0.2) is 44.7 Å². The van der Waals surface area contributed by atoms with Crippen molar-refractivity contribution in [1.29, 1.82) is 0 Å². The Balaban J connectivity index is 1.40. The summed E-state index contributed by atoms with van der Waals surface area (Å²) in [4.78, 5) is 20.0. The minimum Gasteiger partial charge on any atom is -0.392 e. The van der Waals surface area contributed by atoms with Gasteiger partial charge in [-0.25, -0.2) is 4.98 Å². The minimum atomic E-state index is -0.241. The van der Waals surface area contributed by atoms with E-state index in [-0.39, 0.29) is 17.4 Å². The Morgan fingerprint density at radius 3 is 2.77 bits per heavy atom. The molecule has 0 unspecified atom stereocenters. The third-order valence-corrected chi connectivity index (χ3v) is 6.74. The first-order valence-corrected chi connectivity index (χ1v) is 10.1. The molecule has 2 heterocycles. The molecule has 1 aromatic carbocycles. The van der Waals surface area contributed by atoms with E-state index in [1.54, 1.807) is 0 Å². The molecule has 1 spiro atoms. The summed E-state index contributed by atoms with van der Waals surface area (Å²) in [5, 5.41) is 10.5. The number of nitrogens with zero attached hydrogens (tertiary/aromatic N) is 3. The number of likely N-dealkylation sites (tertiary alicyclic amines) is 1. The number of amides is 1. The highest BCUT2D eigenvalue weighted by molar-refractivity contribution is 5.81. The van der Waals surface area contributed by atoms with Gasteiger partial charge in [-0.3, -0.25) is 4.79 Å². The van der Waals surface area contributed by atoms with Crippen molar-refractivity contribution in [2.75, 3.05) is 13.1 Å². The van der Waals surface area contributed by atoms with Crippen LogP contribution in [-0.2, 0) is 11.3 Å². The third kappa shape index (κ3) is 2.64. The molecule has 1 N–H and O–H groups in total. The Labute approximate surface area is 154 Å². The fourth-order valence-electron chi connectivity index (χ4n) is 5.12. The first-order valence-electron chi connectivity index (χ1n) is 10.1. The maximum Gasteiger partial charge on any atom is 0.242 e. The smallest absolute Gasteiger partial charge is 0.242 e. The first kappa shape index (κ1) is 16.3. The van der Waals surface area contributed by atoms with Crippen LogP contribution < -0.4 is 0 Å². The fourth-order valence-corrected chi connectivity index (χ4v) is 5.12. The highest BCUT2D eigenvalue weighted by Crippen LogP contribution is 2.45. The molecule has 5 heteroatoms. The number of aliphatic hydroxyl groups is 1. The second-order valence-corrected chi connectivity index (χ2v) is 8.51. The number of piperidine rings is 1. The third-order valence-electron chi connectivity index (χ3n) is 6.74. The van der Waals surface area contributed by atoms with E-state index in [0.717, 1.165) is 62.1 Å². The lowest BCUT2D eigenvalue weighted by Crippen LogP contribution is -2.50. The summed E-state index contributed by atoms with van der Waals surface area (Å²) in [5.74, 6) is 1.76. The van der Waals surface area contributed by atoms with E-state index < -0.39 is 0 Å². The topological polar surface area (TPSA) is 58.4 Å². The molecule has 26 heavy (non-hydrogen) atoms. The summed E-state index contributed by atoms with van der Waals surface area (Å²) in [7, 11) is 0. The van der Waals surface area contributed by atoms with Crippen molar-refractivity contribution in [3.63, 3.8) is 0 Å². The monoisotopic (exact) mass is 353 g/mol. The average molecular weight is 353 g/mol. The molecule has 5 rings (SSSR count). The quantitative estimate of drug-likeness (QED) is 0.923. The Kier molecular flexibility index (Phi) is 3.82. The van der Waals surface area contributed by atoms with E-state index in [0.29, 0.717) is 12.5 Å². The summed E-state index contributed by atoms with van der Waals surface area (Å²) in [6, 6.07) is 8.13. The van der Waals surface area contributed by atoms with Crippen LogP contribution in [0.25, 0.3) is 11.0 Å². The minimum absolute atomic E-state index is 0.0514. The number of carbonyl (C=O) groups excluding carboxylic acids is 1. The maximum atomic E-state index is 13.1. The molecule has 2 saturated carbocycles. The molecule has 1 aliphatic heterocycles. The average Bonchev–Trinajstić information content (AvgIpc) is 3.37. The number of aliphatic hydroxyl groups excluding tert-OH is 1. The summed E-state index contributed by atoms with van der Waals surface area (Å²) >= 11 is 0. The molecule has 2 atom stereocenters. The number of para-hydroxylation sites is 2. The highest BCUT2D eigenvalue weighted by Gasteiger charge is 2.45. The normalized spacial score (nSPS) is 29.0. The molecule has 5 nitrogen and oxygen atoms in total. The van der Waals surface area contributed by atoms with E-state index in [2.05, 4.69) is 10.6 Å². The van der Waals surface area contributed by atoms with Gasteiger partial charge in [-0.05, 0) is 50.7 Å². The number of imidazole rings is 1. The van der Waals surface area contributed by atoms with Gasteiger partial charge in [0.15, 0.2) is 0 Å². The van der Waals surface area contributed by atoms with Gasteiger partial charge in [0.05, 0.1) is 17.1 Å². The molecule has 1 aromatic heterocycles. The van der Waals surface area contributed by atoms with Crippen LogP contribution >= 0.6 is 0 Å². The van der Waals surface area contributed by atoms with Crippen LogP contribution in [0.15, 0.2) is 24.3 Å². The molecule has 3 fully saturated rings. The molecule has 2 aromatic rings. The molecular formula is C21H27N3O2. The van der Waals surface area contributed by atoms with Crippen molar-refractivity contribution >= 4 is 16.9 Å². The van der Waals surface area contributed by atoms with Crippen molar-refractivity contribution in [3.05, 3.63) is 30.1 Å². The summed E-state index contributed by atoms with van der Waals surface area (Å²) in [6.45, 7) is 1.91. The van der Waals surface area contributed by atoms with Gasteiger partial charge in [-0.15, -0.1) is 0 Å². The van der Waals surface area contributed by atoms with E-state index >= 15 is 0 Å². The zero-order chi connectivity index (χ0) is 17.7. The van der Waals surface area contributed by atoms with Gasteiger partial charge in [-0.2, -0.15) is 0 Å². The predicted octanol–water partition coefficient (Wildman–Crippen LogP) is 3.07. The fraction of sp³-hybridized carbons (Fsp3) is 0.619. The Hall–Kier alpha value is -1.88. The number of hydrogen-bond acceptors (Lipinski definition) is 3. The van der Waals surface area contributed by atoms with E-state index in [4.69, 9.17) is 4.98 Å². The van der Waals surface area contributed by atoms with Crippen molar-refractivity contribution in [1.82, 2.24) is 14.5 Å². The summed E-state index contributed by atoms with van der Waals surface area (Å²) in [5.41, 5.74) is 2.00. The second kappa shape index (κ2) is 6.08. The van der Waals surface area contributed by atoms with Gasteiger partial charge >= 0.3 is 0 Å².